The molecule has 16 nitrogen and oxygen atoms in total. The molecule has 1 amide bonds. The predicted molar refractivity (Wildman–Crippen MR) is 306 cm³/mol. The second kappa shape index (κ2) is 27.1. The van der Waals surface area contributed by atoms with E-state index in [0.717, 1.165) is 31.8 Å². The van der Waals surface area contributed by atoms with Crippen LogP contribution < -0.4 is 15.9 Å². The maximum atomic E-state index is 14.8. The maximum absolute atomic E-state index is 14.8. The molecule has 0 bridgehead atoms. The van der Waals surface area contributed by atoms with Gasteiger partial charge in [-0.25, -0.2) is 0 Å². The van der Waals surface area contributed by atoms with Crippen LogP contribution in [0.4, 0.5) is 0 Å². The van der Waals surface area contributed by atoms with E-state index in [9.17, 15) is 35.1 Å². The summed E-state index contributed by atoms with van der Waals surface area (Å²) in [5, 5.41) is 69.5. The molecular formula is C61H98N4O12P+. The van der Waals surface area contributed by atoms with E-state index >= 15 is 0 Å². The van der Waals surface area contributed by atoms with Crippen LogP contribution in [0.3, 0.4) is 0 Å². The molecule has 4 heterocycles. The first-order valence-electron chi connectivity index (χ1n) is 28.9. The van der Waals surface area contributed by atoms with Gasteiger partial charge in [0, 0.05) is 45.5 Å². The van der Waals surface area contributed by atoms with Crippen LogP contribution >= 0.6 is 7.26 Å². The highest BCUT2D eigenvalue weighted by Crippen LogP contribution is 2.56. The van der Waals surface area contributed by atoms with Crippen molar-refractivity contribution in [2.24, 2.45) is 30.7 Å². The number of unbranched alkanes of at least 4 members (excludes halogenated alkanes) is 4. The first-order valence-corrected chi connectivity index (χ1v) is 30.9. The summed E-state index contributed by atoms with van der Waals surface area (Å²) in [7, 11) is 5.25. The summed E-state index contributed by atoms with van der Waals surface area (Å²) < 4.78 is 34.1. The van der Waals surface area contributed by atoms with Crippen molar-refractivity contribution in [2.45, 2.75) is 217 Å². The number of aliphatic hydroxyl groups is 5. The van der Waals surface area contributed by atoms with Gasteiger partial charge in [0.15, 0.2) is 6.29 Å². The smallest absolute Gasteiger partial charge is 0.309 e. The van der Waals surface area contributed by atoms with Crippen molar-refractivity contribution in [1.29, 1.82) is 0 Å². The minimum atomic E-state index is -2.03. The van der Waals surface area contributed by atoms with Crippen LogP contribution in [0.5, 0.6) is 0 Å². The van der Waals surface area contributed by atoms with Gasteiger partial charge < -0.3 is 59.0 Å². The van der Waals surface area contributed by atoms with E-state index in [0.29, 0.717) is 12.8 Å². The molecule has 0 saturated carbocycles. The molecule has 438 valence electrons. The molecule has 6 rings (SSSR count). The van der Waals surface area contributed by atoms with Crippen molar-refractivity contribution in [3.05, 3.63) is 73.1 Å². The van der Waals surface area contributed by atoms with Gasteiger partial charge in [0.25, 0.3) is 0 Å². The summed E-state index contributed by atoms with van der Waals surface area (Å²) in [6.07, 6.45) is 1.79. The molecule has 0 spiro atoms. The molecule has 17 heteroatoms. The van der Waals surface area contributed by atoms with Crippen LogP contribution in [0.2, 0.25) is 0 Å². The van der Waals surface area contributed by atoms with Crippen LogP contribution in [-0.4, -0.2) is 175 Å². The number of methoxy groups -OCH3 is 1. The number of ether oxygens (including phenoxy) is 5. The number of benzene rings is 2. The topological polar surface area (TPSA) is 206 Å². The zero-order chi connectivity index (χ0) is 57.5. The van der Waals surface area contributed by atoms with Crippen molar-refractivity contribution in [3.8, 4) is 0 Å². The van der Waals surface area contributed by atoms with Gasteiger partial charge in [-0.1, -0.05) is 76.9 Å². The Morgan fingerprint density at radius 1 is 0.846 bits per heavy atom. The largest absolute Gasteiger partial charge is 0.459 e. The Morgan fingerprint density at radius 3 is 2.01 bits per heavy atom. The van der Waals surface area contributed by atoms with Crippen LogP contribution in [0, 0.1) is 23.7 Å². The number of esters is 1. The zero-order valence-corrected chi connectivity index (χ0v) is 50.3. The summed E-state index contributed by atoms with van der Waals surface area (Å²) in [4.78, 5) is 33.1. The number of carbonyl (C=O) groups excluding carboxylic acids is 2. The molecule has 0 aliphatic carbocycles. The molecule has 3 saturated heterocycles. The normalized spacial score (nSPS) is 36.9. The molecule has 3 aromatic rings. The Hall–Kier alpha value is -3.38. The number of hydrogen-bond donors (Lipinski definition) is 5. The lowest BCUT2D eigenvalue weighted by atomic mass is 9.68. The quantitative estimate of drug-likeness (QED) is 0.0586. The van der Waals surface area contributed by atoms with Gasteiger partial charge in [0.1, 0.15) is 53.2 Å². The van der Waals surface area contributed by atoms with Crippen molar-refractivity contribution >= 4 is 35.1 Å². The fraction of sp³-hybridized carbons (Fsp3) is 0.721. The summed E-state index contributed by atoms with van der Waals surface area (Å²) in [6.45, 7) is 17.8. The molecule has 3 aliphatic rings. The van der Waals surface area contributed by atoms with E-state index in [1.807, 2.05) is 57.7 Å². The lowest BCUT2D eigenvalue weighted by Crippen LogP contribution is -2.61. The molecule has 3 fully saturated rings. The zero-order valence-electron chi connectivity index (χ0n) is 49.4. The Labute approximate surface area is 466 Å². The van der Waals surface area contributed by atoms with Gasteiger partial charge >= 0.3 is 5.97 Å². The molecule has 2 aromatic carbocycles. The van der Waals surface area contributed by atoms with Gasteiger partial charge in [-0.05, 0) is 130 Å². The number of hydrogen-bond acceptors (Lipinski definition) is 14. The number of cyclic esters (lactones) is 1. The first kappa shape index (κ1) is 63.8. The van der Waals surface area contributed by atoms with Crippen molar-refractivity contribution < 1.29 is 58.8 Å². The highest BCUT2D eigenvalue weighted by atomic mass is 31.2. The van der Waals surface area contributed by atoms with E-state index in [4.69, 9.17) is 23.7 Å². The van der Waals surface area contributed by atoms with Gasteiger partial charge in [-0.2, -0.15) is 5.10 Å². The lowest BCUT2D eigenvalue weighted by molar-refractivity contribution is -0.302. The summed E-state index contributed by atoms with van der Waals surface area (Å²) >= 11 is 0. The number of aryl methyl sites for hydroxylation is 1. The molecule has 5 N–H and O–H groups in total. The standard InChI is InChI=1S/C61H98N4O12P/c1-15-50-61(10,72)54(68)43(6)65(51(66)31-25-17-16-18-26-32-78(45-27-21-19-22-28-45,46-29-23-20-24-30-46)47-36-62-64(13)38-47)37-39(2)34-59(8,71)56(77-58-53(67)48(63(11)12)33-40(3)74-58)41(4)52(42(5)57(70)76-50)49-35-60(9,73-14)55(69)44(7)75-49/h19-24,27-30,36,38-44,48-50,52-56,58,67-69,71-72H,15-18,25-26,31-35,37H2,1-14H3/q+1/t39-,40-,41+,42-,43-,44+,48+,49?,50-,52+,53-,54-,55+,56-,58+,59-,60-,61-/m1/s1. The highest BCUT2D eigenvalue weighted by molar-refractivity contribution is 7.95. The average Bonchev–Trinajstić information content (AvgIpc) is 3.87. The molecule has 78 heavy (non-hydrogen) atoms. The number of aliphatic hydroxyl groups excluding tert-OH is 3. The molecule has 3 aliphatic heterocycles. The number of carbonyl (C=O) groups is 2. The number of likely N-dealkylation sites (N-methyl/N-ethyl adjacent to an activating group) is 1. The molecule has 1 unspecified atom stereocenters. The average molecular weight is 1110 g/mol. The number of nitrogens with zero attached hydrogens (tertiary/aromatic N) is 4. The third-order valence-electron chi connectivity index (χ3n) is 18.0. The maximum Gasteiger partial charge on any atom is 0.309 e. The van der Waals surface area contributed by atoms with E-state index < -0.39 is 109 Å². The Morgan fingerprint density at radius 2 is 1.45 bits per heavy atom. The lowest BCUT2D eigenvalue weighted by Gasteiger charge is -2.51. The monoisotopic (exact) mass is 1110 g/mol. The molecular weight excluding hydrogens is 1010 g/mol. The van der Waals surface area contributed by atoms with Crippen LogP contribution in [0.1, 0.15) is 133 Å². The Balaban J connectivity index is 1.27. The van der Waals surface area contributed by atoms with Crippen molar-refractivity contribution in [3.63, 3.8) is 0 Å². The van der Waals surface area contributed by atoms with Gasteiger partial charge in [0.05, 0.1) is 66.1 Å². The fourth-order valence-electron chi connectivity index (χ4n) is 13.5. The van der Waals surface area contributed by atoms with E-state index in [1.54, 1.807) is 46.4 Å². The van der Waals surface area contributed by atoms with Crippen molar-refractivity contribution in [2.75, 3.05) is 33.9 Å². The third-order valence-corrected chi connectivity index (χ3v) is 22.5. The van der Waals surface area contributed by atoms with Gasteiger partial charge in [-0.15, -0.1) is 0 Å². The Kier molecular flexibility index (Phi) is 22.2. The fourth-order valence-corrected chi connectivity index (χ4v) is 17.8. The molecule has 1 aromatic heterocycles. The number of aromatic nitrogens is 2. The minimum Gasteiger partial charge on any atom is -0.459 e. The van der Waals surface area contributed by atoms with Gasteiger partial charge in [0.2, 0.25) is 5.91 Å². The third kappa shape index (κ3) is 14.3. The summed E-state index contributed by atoms with van der Waals surface area (Å²) in [5.41, 5.74) is -4.76. The van der Waals surface area contributed by atoms with Crippen LogP contribution in [0.25, 0.3) is 0 Å². The molecule has 18 atom stereocenters. The minimum absolute atomic E-state index is 0.0924. The highest BCUT2D eigenvalue weighted by Gasteiger charge is 2.55. The van der Waals surface area contributed by atoms with E-state index in [-0.39, 0.29) is 50.3 Å². The van der Waals surface area contributed by atoms with E-state index in [2.05, 4.69) is 72.0 Å². The van der Waals surface area contributed by atoms with Gasteiger partial charge in [-0.3, -0.25) is 14.3 Å². The summed E-state index contributed by atoms with van der Waals surface area (Å²) in [5.74, 6) is -3.70. The predicted octanol–water partition coefficient (Wildman–Crippen LogP) is 6.14. The number of amides is 1. The number of rotatable bonds is 17. The SMILES string of the molecule is CC[C@H]1OC(=O)[C@H](C)[C@@H](C2C[C@@](C)(OC)[C@@H](O)[C@H](C)O2)[C@H](C)[C@@H](O[C@@H]2O[C@H](C)C[C@H](N(C)C)[C@H]2O)[C@](C)(O)C[C@@H](C)CN(C(=O)CCCCCCC[P+](c2ccccc2)(c2ccccc2)c2cnn(C)c2)[C@H](C)[C@@H](O)[C@]1(C)O. The van der Waals surface area contributed by atoms with E-state index in [1.165, 1.54) is 29.9 Å². The summed E-state index contributed by atoms with van der Waals surface area (Å²) in [6, 6.07) is 20.3. The second-order valence-electron chi connectivity index (χ2n) is 24.5. The van der Waals surface area contributed by atoms with Crippen LogP contribution in [-0.2, 0) is 40.3 Å². The van der Waals surface area contributed by atoms with Crippen LogP contribution in [0.15, 0.2) is 73.1 Å². The second-order valence-corrected chi connectivity index (χ2v) is 28.1. The Bertz CT molecular complexity index is 2300. The van der Waals surface area contributed by atoms with Crippen molar-refractivity contribution in [1.82, 2.24) is 19.6 Å². The molecule has 0 radical (unpaired) electrons. The first-order chi connectivity index (χ1) is 36.7.